The van der Waals surface area contributed by atoms with Crippen LogP contribution in [0.2, 0.25) is 0 Å². The fraction of sp³-hybridized carbons (Fsp3) is 0.933. The molecule has 1 N–H and O–H groups in total. The molecule has 1 saturated carbocycles. The average molecular weight is 265 g/mol. The Morgan fingerprint density at radius 2 is 2.00 bits per heavy atom. The molecule has 0 spiro atoms. The van der Waals surface area contributed by atoms with Crippen molar-refractivity contribution in [2.45, 2.75) is 76.7 Å². The molecule has 2 heterocycles. The van der Waals surface area contributed by atoms with Crippen molar-refractivity contribution in [3.63, 3.8) is 0 Å². The first kappa shape index (κ1) is 13.4. The van der Waals surface area contributed by atoms with E-state index in [-0.39, 0.29) is 12.2 Å². The zero-order valence-electron chi connectivity index (χ0n) is 12.3. The normalized spacial score (nSPS) is 36.4. The fourth-order valence-corrected chi connectivity index (χ4v) is 3.73. The summed E-state index contributed by atoms with van der Waals surface area (Å²) in [4.78, 5) is 17.4. The Morgan fingerprint density at radius 3 is 2.63 bits per heavy atom. The fourth-order valence-electron chi connectivity index (χ4n) is 3.73. The highest BCUT2D eigenvalue weighted by Gasteiger charge is 2.44. The monoisotopic (exact) mass is 265 g/mol. The molecular weight excluding hydrogens is 238 g/mol. The van der Waals surface area contributed by atoms with Gasteiger partial charge < -0.3 is 4.90 Å². The van der Waals surface area contributed by atoms with E-state index >= 15 is 0 Å². The van der Waals surface area contributed by atoms with Crippen molar-refractivity contribution in [1.29, 1.82) is 0 Å². The maximum absolute atomic E-state index is 12.6. The predicted molar refractivity (Wildman–Crippen MR) is 75.8 cm³/mol. The molecule has 1 amide bonds. The average Bonchev–Trinajstić information content (AvgIpc) is 3.07. The van der Waals surface area contributed by atoms with Crippen LogP contribution in [-0.2, 0) is 4.79 Å². The van der Waals surface area contributed by atoms with E-state index in [1.54, 1.807) is 0 Å². The molecule has 1 aliphatic carbocycles. The standard InChI is InChI=1S/C15H27N3O/c1-3-5-13-15(19)18(14(4-2)16-13)12-8-9-17(10-12)11-6-7-11/h11-14,16H,3-10H2,1-2H3. The summed E-state index contributed by atoms with van der Waals surface area (Å²) < 4.78 is 0. The van der Waals surface area contributed by atoms with Gasteiger partial charge in [-0.2, -0.15) is 0 Å². The molecule has 3 unspecified atom stereocenters. The van der Waals surface area contributed by atoms with Gasteiger partial charge in [0.25, 0.3) is 0 Å². The number of nitrogens with zero attached hydrogens (tertiary/aromatic N) is 2. The molecule has 108 valence electrons. The first-order valence-corrected chi connectivity index (χ1v) is 8.06. The minimum atomic E-state index is 0.0740. The molecule has 0 radical (unpaired) electrons. The lowest BCUT2D eigenvalue weighted by atomic mass is 10.1. The Labute approximate surface area is 116 Å². The summed E-state index contributed by atoms with van der Waals surface area (Å²) in [5.41, 5.74) is 0. The van der Waals surface area contributed by atoms with Gasteiger partial charge in [0, 0.05) is 25.2 Å². The summed E-state index contributed by atoms with van der Waals surface area (Å²) in [6, 6.07) is 1.36. The van der Waals surface area contributed by atoms with Crippen LogP contribution >= 0.6 is 0 Å². The van der Waals surface area contributed by atoms with Gasteiger partial charge in [-0.25, -0.2) is 0 Å². The second-order valence-electron chi connectivity index (χ2n) is 6.35. The minimum absolute atomic E-state index is 0.0740. The number of carbonyl (C=O) groups excluding carboxylic acids is 1. The lowest BCUT2D eigenvalue weighted by Gasteiger charge is -2.29. The van der Waals surface area contributed by atoms with E-state index in [1.165, 1.54) is 25.8 Å². The van der Waals surface area contributed by atoms with E-state index < -0.39 is 0 Å². The molecule has 19 heavy (non-hydrogen) atoms. The molecule has 3 aliphatic rings. The highest BCUT2D eigenvalue weighted by Crippen LogP contribution is 2.33. The van der Waals surface area contributed by atoms with Gasteiger partial charge >= 0.3 is 0 Å². The van der Waals surface area contributed by atoms with Gasteiger partial charge in [-0.05, 0) is 32.1 Å². The van der Waals surface area contributed by atoms with Crippen molar-refractivity contribution in [2.24, 2.45) is 0 Å². The van der Waals surface area contributed by atoms with E-state index in [0.29, 0.717) is 11.9 Å². The van der Waals surface area contributed by atoms with Gasteiger partial charge in [0.2, 0.25) is 5.91 Å². The minimum Gasteiger partial charge on any atom is -0.321 e. The summed E-state index contributed by atoms with van der Waals surface area (Å²) in [6.45, 7) is 6.63. The van der Waals surface area contributed by atoms with Gasteiger partial charge in [0.1, 0.15) is 0 Å². The third kappa shape index (κ3) is 2.52. The van der Waals surface area contributed by atoms with Crippen LogP contribution in [0.1, 0.15) is 52.4 Å². The van der Waals surface area contributed by atoms with Gasteiger partial charge in [-0.1, -0.05) is 20.3 Å². The molecule has 3 rings (SSSR count). The Hall–Kier alpha value is -0.610. The molecule has 0 aromatic carbocycles. The van der Waals surface area contributed by atoms with Crippen LogP contribution in [0, 0.1) is 0 Å². The highest BCUT2D eigenvalue weighted by atomic mass is 16.2. The summed E-state index contributed by atoms with van der Waals surface area (Å²) in [7, 11) is 0. The number of hydrogen-bond donors (Lipinski definition) is 1. The number of carbonyl (C=O) groups is 1. The van der Waals surface area contributed by atoms with Crippen LogP contribution in [0.5, 0.6) is 0 Å². The van der Waals surface area contributed by atoms with Gasteiger partial charge in [-0.3, -0.25) is 15.0 Å². The van der Waals surface area contributed by atoms with E-state index in [0.717, 1.165) is 31.8 Å². The molecule has 3 atom stereocenters. The Morgan fingerprint density at radius 1 is 1.21 bits per heavy atom. The molecule has 2 saturated heterocycles. The Bertz CT molecular complexity index is 342. The first-order chi connectivity index (χ1) is 9.24. The van der Waals surface area contributed by atoms with Crippen molar-refractivity contribution < 1.29 is 4.79 Å². The quantitative estimate of drug-likeness (QED) is 0.819. The molecule has 4 nitrogen and oxygen atoms in total. The number of rotatable bonds is 5. The summed E-state index contributed by atoms with van der Waals surface area (Å²) in [6.07, 6.45) is 7.25. The zero-order valence-corrected chi connectivity index (χ0v) is 12.3. The van der Waals surface area contributed by atoms with E-state index in [2.05, 4.69) is 29.0 Å². The molecule has 0 bridgehead atoms. The molecule has 2 aliphatic heterocycles. The first-order valence-electron chi connectivity index (χ1n) is 8.06. The van der Waals surface area contributed by atoms with Crippen LogP contribution in [-0.4, -0.2) is 53.1 Å². The second kappa shape index (κ2) is 5.41. The number of likely N-dealkylation sites (tertiary alicyclic amines) is 1. The van der Waals surface area contributed by atoms with Gasteiger partial charge in [0.05, 0.1) is 12.2 Å². The lowest BCUT2D eigenvalue weighted by Crippen LogP contribution is -2.45. The van der Waals surface area contributed by atoms with E-state index in [9.17, 15) is 4.79 Å². The van der Waals surface area contributed by atoms with Crippen molar-refractivity contribution in [3.05, 3.63) is 0 Å². The number of hydrogen-bond acceptors (Lipinski definition) is 3. The smallest absolute Gasteiger partial charge is 0.241 e. The number of nitrogens with one attached hydrogen (secondary N) is 1. The Kier molecular flexibility index (Phi) is 3.81. The maximum atomic E-state index is 12.6. The SMILES string of the molecule is CCCC1NC(CC)N(C2CCN(C3CC3)C2)C1=O. The van der Waals surface area contributed by atoms with Gasteiger partial charge in [0.15, 0.2) is 0 Å². The predicted octanol–water partition coefficient (Wildman–Crippen LogP) is 1.56. The molecule has 3 fully saturated rings. The second-order valence-corrected chi connectivity index (χ2v) is 6.35. The van der Waals surface area contributed by atoms with Crippen LogP contribution in [0.25, 0.3) is 0 Å². The third-order valence-corrected chi connectivity index (χ3v) is 4.90. The zero-order chi connectivity index (χ0) is 13.4. The largest absolute Gasteiger partial charge is 0.321 e. The maximum Gasteiger partial charge on any atom is 0.241 e. The molecule has 0 aromatic rings. The molecule has 0 aromatic heterocycles. The topological polar surface area (TPSA) is 35.6 Å². The van der Waals surface area contributed by atoms with Gasteiger partial charge in [-0.15, -0.1) is 0 Å². The number of amides is 1. The highest BCUT2D eigenvalue weighted by molar-refractivity contribution is 5.84. The van der Waals surface area contributed by atoms with Crippen LogP contribution in [0.3, 0.4) is 0 Å². The van der Waals surface area contributed by atoms with E-state index in [1.807, 2.05) is 0 Å². The van der Waals surface area contributed by atoms with Crippen LogP contribution in [0.15, 0.2) is 0 Å². The summed E-state index contributed by atoms with van der Waals surface area (Å²) in [5.74, 6) is 0.358. The van der Waals surface area contributed by atoms with Crippen molar-refractivity contribution in [1.82, 2.24) is 15.1 Å². The summed E-state index contributed by atoms with van der Waals surface area (Å²) >= 11 is 0. The van der Waals surface area contributed by atoms with Crippen LogP contribution < -0.4 is 5.32 Å². The van der Waals surface area contributed by atoms with Crippen molar-refractivity contribution in [2.75, 3.05) is 13.1 Å². The van der Waals surface area contributed by atoms with Crippen molar-refractivity contribution >= 4 is 5.91 Å². The third-order valence-electron chi connectivity index (χ3n) is 4.90. The summed E-state index contributed by atoms with van der Waals surface area (Å²) in [5, 5.41) is 3.54. The molecule has 4 heteroatoms. The Balaban J connectivity index is 1.66. The van der Waals surface area contributed by atoms with Crippen molar-refractivity contribution in [3.8, 4) is 0 Å². The molecular formula is C15H27N3O. The lowest BCUT2D eigenvalue weighted by molar-refractivity contribution is -0.132. The van der Waals surface area contributed by atoms with Crippen LogP contribution in [0.4, 0.5) is 0 Å². The van der Waals surface area contributed by atoms with E-state index in [4.69, 9.17) is 0 Å².